The number of carboxylic acids is 1. The first kappa shape index (κ1) is 13.6. The molecule has 21 heavy (non-hydrogen) atoms. The number of hydrogen-bond acceptors (Lipinski definition) is 3. The van der Waals surface area contributed by atoms with Crippen LogP contribution < -0.4 is 0 Å². The molecule has 3 rings (SSSR count). The Morgan fingerprint density at radius 1 is 1.33 bits per heavy atom. The van der Waals surface area contributed by atoms with Crippen molar-refractivity contribution in [2.45, 2.75) is 6.92 Å². The molecule has 3 aromatic rings. The van der Waals surface area contributed by atoms with Crippen molar-refractivity contribution in [2.75, 3.05) is 0 Å². The molecule has 3 nitrogen and oxygen atoms in total. The molecule has 2 heterocycles. The first-order chi connectivity index (χ1) is 9.99. The van der Waals surface area contributed by atoms with Crippen LogP contribution in [0.15, 0.2) is 29.6 Å². The minimum atomic E-state index is -1.26. The van der Waals surface area contributed by atoms with Crippen molar-refractivity contribution >= 4 is 28.2 Å². The van der Waals surface area contributed by atoms with Gasteiger partial charge in [0.15, 0.2) is 0 Å². The predicted octanol–water partition coefficient (Wildman–Crippen LogP) is 4.25. The number of thiophene rings is 1. The topological polar surface area (TPSA) is 50.2 Å². The Labute approximate surface area is 122 Å². The van der Waals surface area contributed by atoms with Crippen LogP contribution in [0.5, 0.6) is 0 Å². The highest BCUT2D eigenvalue weighted by atomic mass is 32.1. The molecular weight excluding hydrogens is 296 g/mol. The Balaban J connectivity index is 2.48. The number of hydrogen-bond donors (Lipinski definition) is 1. The van der Waals surface area contributed by atoms with Gasteiger partial charge in [0.2, 0.25) is 0 Å². The van der Waals surface area contributed by atoms with E-state index in [-0.39, 0.29) is 16.5 Å². The van der Waals surface area contributed by atoms with Gasteiger partial charge in [0.05, 0.1) is 27.0 Å². The normalized spacial score (nSPS) is 11.0. The lowest BCUT2D eigenvalue weighted by Crippen LogP contribution is -2.06. The lowest BCUT2D eigenvalue weighted by atomic mass is 10.00. The summed E-state index contributed by atoms with van der Waals surface area (Å²) in [4.78, 5) is 16.5. The maximum absolute atomic E-state index is 14.0. The minimum absolute atomic E-state index is 0.00102. The van der Waals surface area contributed by atoms with Gasteiger partial charge in [0, 0.05) is 12.1 Å². The van der Waals surface area contributed by atoms with Crippen LogP contribution in [0.2, 0.25) is 0 Å². The van der Waals surface area contributed by atoms with E-state index in [4.69, 9.17) is 0 Å². The molecule has 6 heteroatoms. The SMILES string of the molecule is Cc1c(-c2cccs2)nc2cc(F)cc(F)c2c1C(=O)O. The number of nitrogens with zero attached hydrogens (tertiary/aromatic N) is 1. The maximum Gasteiger partial charge on any atom is 0.336 e. The Bertz CT molecular complexity index is 860. The summed E-state index contributed by atoms with van der Waals surface area (Å²) in [7, 11) is 0. The highest BCUT2D eigenvalue weighted by molar-refractivity contribution is 7.13. The highest BCUT2D eigenvalue weighted by Crippen LogP contribution is 2.33. The monoisotopic (exact) mass is 305 g/mol. The van der Waals surface area contributed by atoms with E-state index in [1.54, 1.807) is 19.1 Å². The molecule has 2 aromatic heterocycles. The van der Waals surface area contributed by atoms with Crippen LogP contribution in [0, 0.1) is 18.6 Å². The zero-order valence-corrected chi connectivity index (χ0v) is 11.7. The van der Waals surface area contributed by atoms with Crippen molar-refractivity contribution in [1.29, 1.82) is 0 Å². The summed E-state index contributed by atoms with van der Waals surface area (Å²) in [6.07, 6.45) is 0. The third-order valence-electron chi connectivity index (χ3n) is 3.22. The maximum atomic E-state index is 14.0. The number of carboxylic acid groups (broad SMARTS) is 1. The molecule has 0 unspecified atom stereocenters. The van der Waals surface area contributed by atoms with Gasteiger partial charge in [-0.05, 0) is 23.9 Å². The molecule has 0 aliphatic carbocycles. The number of fused-ring (bicyclic) bond motifs is 1. The second-order valence-corrected chi connectivity index (χ2v) is 5.47. The van der Waals surface area contributed by atoms with Gasteiger partial charge < -0.3 is 5.11 Å². The predicted molar refractivity (Wildman–Crippen MR) is 76.7 cm³/mol. The molecule has 0 aliphatic heterocycles. The molecular formula is C15H9F2NO2S. The average Bonchev–Trinajstić information content (AvgIpc) is 2.92. The number of rotatable bonds is 2. The number of aromatic nitrogens is 1. The molecule has 0 bridgehead atoms. The van der Waals surface area contributed by atoms with Crippen LogP contribution in [0.25, 0.3) is 21.5 Å². The van der Waals surface area contributed by atoms with E-state index in [1.807, 2.05) is 5.38 Å². The molecule has 106 valence electrons. The van der Waals surface area contributed by atoms with Crippen LogP contribution >= 0.6 is 11.3 Å². The first-order valence-corrected chi connectivity index (χ1v) is 6.93. The molecule has 0 fully saturated rings. The number of carbonyl (C=O) groups is 1. The van der Waals surface area contributed by atoms with Gasteiger partial charge in [0.1, 0.15) is 11.6 Å². The summed E-state index contributed by atoms with van der Waals surface area (Å²) in [5.41, 5.74) is 0.614. The zero-order valence-electron chi connectivity index (χ0n) is 10.9. The summed E-state index contributed by atoms with van der Waals surface area (Å²) in [5, 5.41) is 11.1. The Morgan fingerprint density at radius 3 is 2.71 bits per heavy atom. The van der Waals surface area contributed by atoms with Crippen molar-refractivity contribution in [3.05, 3.63) is 52.4 Å². The minimum Gasteiger partial charge on any atom is -0.478 e. The van der Waals surface area contributed by atoms with E-state index in [9.17, 15) is 18.7 Å². The summed E-state index contributed by atoms with van der Waals surface area (Å²) in [5.74, 6) is -2.97. The summed E-state index contributed by atoms with van der Waals surface area (Å²) in [6.45, 7) is 1.58. The van der Waals surface area contributed by atoms with Gasteiger partial charge in [-0.2, -0.15) is 0 Å². The fourth-order valence-electron chi connectivity index (χ4n) is 2.33. The molecule has 0 amide bonds. The summed E-state index contributed by atoms with van der Waals surface area (Å²) >= 11 is 1.38. The summed E-state index contributed by atoms with van der Waals surface area (Å²) < 4.78 is 27.4. The van der Waals surface area contributed by atoms with E-state index in [2.05, 4.69) is 4.98 Å². The Hall–Kier alpha value is -2.34. The van der Waals surface area contributed by atoms with E-state index >= 15 is 0 Å². The fourth-order valence-corrected chi connectivity index (χ4v) is 3.10. The van der Waals surface area contributed by atoms with Crippen molar-refractivity contribution in [3.8, 4) is 10.6 Å². The standard InChI is InChI=1S/C15H9F2NO2S/c1-7-12(15(19)20)13-9(17)5-8(16)6-10(13)18-14(7)11-3-2-4-21-11/h2-6H,1H3,(H,19,20). The first-order valence-electron chi connectivity index (χ1n) is 6.05. The Kier molecular flexibility index (Phi) is 3.17. The van der Waals surface area contributed by atoms with Gasteiger partial charge in [-0.3, -0.25) is 0 Å². The quantitative estimate of drug-likeness (QED) is 0.770. The molecule has 1 N–H and O–H groups in total. The number of benzene rings is 1. The molecule has 1 aromatic carbocycles. The van der Waals surface area contributed by atoms with Gasteiger partial charge in [-0.15, -0.1) is 11.3 Å². The van der Waals surface area contributed by atoms with Crippen LogP contribution in [-0.2, 0) is 0 Å². The molecule has 0 atom stereocenters. The smallest absolute Gasteiger partial charge is 0.336 e. The fraction of sp³-hybridized carbons (Fsp3) is 0.0667. The third kappa shape index (κ3) is 2.17. The number of aromatic carboxylic acids is 1. The van der Waals surface area contributed by atoms with Crippen molar-refractivity contribution < 1.29 is 18.7 Å². The number of pyridine rings is 1. The third-order valence-corrected chi connectivity index (χ3v) is 4.09. The van der Waals surface area contributed by atoms with Gasteiger partial charge >= 0.3 is 5.97 Å². The molecule has 0 spiro atoms. The number of halogens is 2. The summed E-state index contributed by atoms with van der Waals surface area (Å²) in [6, 6.07) is 5.30. The van der Waals surface area contributed by atoms with Crippen LogP contribution in [-0.4, -0.2) is 16.1 Å². The Morgan fingerprint density at radius 2 is 2.10 bits per heavy atom. The van der Waals surface area contributed by atoms with E-state index in [1.165, 1.54) is 11.3 Å². The second-order valence-electron chi connectivity index (χ2n) is 4.52. The van der Waals surface area contributed by atoms with Gasteiger partial charge in [-0.1, -0.05) is 6.07 Å². The highest BCUT2D eigenvalue weighted by Gasteiger charge is 2.21. The van der Waals surface area contributed by atoms with Crippen LogP contribution in [0.1, 0.15) is 15.9 Å². The van der Waals surface area contributed by atoms with E-state index < -0.39 is 17.6 Å². The lowest BCUT2D eigenvalue weighted by Gasteiger charge is -2.11. The molecule has 0 saturated heterocycles. The van der Waals surface area contributed by atoms with Gasteiger partial charge in [0.25, 0.3) is 0 Å². The second kappa shape index (κ2) is 4.89. The van der Waals surface area contributed by atoms with E-state index in [0.717, 1.165) is 10.9 Å². The van der Waals surface area contributed by atoms with Crippen molar-refractivity contribution in [2.24, 2.45) is 0 Å². The molecule has 0 radical (unpaired) electrons. The lowest BCUT2D eigenvalue weighted by molar-refractivity contribution is 0.0698. The molecule has 0 saturated carbocycles. The van der Waals surface area contributed by atoms with Crippen LogP contribution in [0.4, 0.5) is 8.78 Å². The van der Waals surface area contributed by atoms with Crippen molar-refractivity contribution in [3.63, 3.8) is 0 Å². The van der Waals surface area contributed by atoms with Gasteiger partial charge in [-0.25, -0.2) is 18.6 Å². The van der Waals surface area contributed by atoms with Crippen LogP contribution in [0.3, 0.4) is 0 Å². The zero-order chi connectivity index (χ0) is 15.1. The largest absolute Gasteiger partial charge is 0.478 e. The average molecular weight is 305 g/mol. The van der Waals surface area contributed by atoms with E-state index in [0.29, 0.717) is 17.3 Å². The molecule has 0 aliphatic rings. The van der Waals surface area contributed by atoms with Crippen molar-refractivity contribution in [1.82, 2.24) is 4.98 Å².